The molecule has 2 heterocycles. The number of hydrogen-bond acceptors (Lipinski definition) is 3. The lowest BCUT2D eigenvalue weighted by molar-refractivity contribution is 0.366. The zero-order valence-corrected chi connectivity index (χ0v) is 11.2. The van der Waals surface area contributed by atoms with Crippen molar-refractivity contribution in [1.82, 2.24) is 19.5 Å². The van der Waals surface area contributed by atoms with Gasteiger partial charge in [0, 0.05) is 18.8 Å². The first-order chi connectivity index (χ1) is 9.29. The zero-order chi connectivity index (χ0) is 13.2. The Morgan fingerprint density at radius 1 is 1.42 bits per heavy atom. The van der Waals surface area contributed by atoms with Crippen molar-refractivity contribution in [3.05, 3.63) is 34.9 Å². The molecule has 1 aliphatic rings. The maximum atomic E-state index is 12.1. The molecule has 1 saturated carbocycles. The molecule has 0 amide bonds. The Hall–Kier alpha value is -1.62. The molecule has 0 radical (unpaired) electrons. The summed E-state index contributed by atoms with van der Waals surface area (Å²) in [5, 5.41) is 7.75. The second-order valence-electron chi connectivity index (χ2n) is 5.31. The first kappa shape index (κ1) is 12.4. The van der Waals surface area contributed by atoms with Crippen molar-refractivity contribution in [3.8, 4) is 0 Å². The maximum Gasteiger partial charge on any atom is 0.350 e. The van der Waals surface area contributed by atoms with E-state index in [9.17, 15) is 4.79 Å². The summed E-state index contributed by atoms with van der Waals surface area (Å²) in [5.74, 6) is 0.668. The van der Waals surface area contributed by atoms with Gasteiger partial charge in [-0.15, -0.1) is 5.10 Å². The summed E-state index contributed by atoms with van der Waals surface area (Å²) in [6.45, 7) is 0.712. The van der Waals surface area contributed by atoms with E-state index >= 15 is 0 Å². The lowest BCUT2D eigenvalue weighted by atomic mass is 10.00. The molecule has 3 rings (SSSR count). The minimum atomic E-state index is -0.0328. The van der Waals surface area contributed by atoms with Gasteiger partial charge >= 0.3 is 5.69 Å². The number of nitrogens with one attached hydrogen (secondary N) is 1. The molecule has 0 aromatic carbocycles. The second-order valence-corrected chi connectivity index (χ2v) is 5.31. The molecule has 2 unspecified atom stereocenters. The Kier molecular flexibility index (Phi) is 3.38. The first-order valence-corrected chi connectivity index (χ1v) is 7.01. The summed E-state index contributed by atoms with van der Waals surface area (Å²) in [4.78, 5) is 12.1. The molecule has 0 spiro atoms. The predicted molar refractivity (Wildman–Crippen MR) is 74.3 cm³/mol. The SMILES string of the molecule is CNC1CCCC1CCn1nc2ccccn2c1=O. The molecule has 2 aromatic rings. The van der Waals surface area contributed by atoms with Gasteiger partial charge in [-0.05, 0) is 44.4 Å². The molecule has 5 heteroatoms. The van der Waals surface area contributed by atoms with Crippen molar-refractivity contribution in [2.75, 3.05) is 7.05 Å². The van der Waals surface area contributed by atoms with Crippen molar-refractivity contribution in [2.45, 2.75) is 38.3 Å². The quantitative estimate of drug-likeness (QED) is 0.901. The van der Waals surface area contributed by atoms with E-state index in [0.29, 0.717) is 18.5 Å². The van der Waals surface area contributed by atoms with Gasteiger partial charge in [0.05, 0.1) is 0 Å². The van der Waals surface area contributed by atoms with Crippen LogP contribution in [0.25, 0.3) is 5.65 Å². The van der Waals surface area contributed by atoms with Crippen LogP contribution in [0.1, 0.15) is 25.7 Å². The van der Waals surface area contributed by atoms with E-state index in [2.05, 4.69) is 10.4 Å². The van der Waals surface area contributed by atoms with Crippen LogP contribution in [0.4, 0.5) is 0 Å². The van der Waals surface area contributed by atoms with Crippen LogP contribution >= 0.6 is 0 Å². The highest BCUT2D eigenvalue weighted by atomic mass is 16.2. The van der Waals surface area contributed by atoms with Gasteiger partial charge in [-0.25, -0.2) is 9.48 Å². The van der Waals surface area contributed by atoms with Gasteiger partial charge in [-0.1, -0.05) is 12.5 Å². The fraction of sp³-hybridized carbons (Fsp3) is 0.571. The van der Waals surface area contributed by atoms with E-state index in [4.69, 9.17) is 0 Å². The van der Waals surface area contributed by atoms with Gasteiger partial charge < -0.3 is 5.32 Å². The van der Waals surface area contributed by atoms with E-state index < -0.39 is 0 Å². The van der Waals surface area contributed by atoms with Gasteiger partial charge in [-0.2, -0.15) is 0 Å². The van der Waals surface area contributed by atoms with Gasteiger partial charge in [0.2, 0.25) is 0 Å². The van der Waals surface area contributed by atoms with Gasteiger partial charge in [0.1, 0.15) is 0 Å². The molecule has 1 aliphatic carbocycles. The largest absolute Gasteiger partial charge is 0.350 e. The molecule has 2 atom stereocenters. The lowest BCUT2D eigenvalue weighted by Crippen LogP contribution is -2.30. The predicted octanol–water partition coefficient (Wildman–Crippen LogP) is 1.27. The van der Waals surface area contributed by atoms with E-state index in [0.717, 1.165) is 12.1 Å². The van der Waals surface area contributed by atoms with Crippen LogP contribution in [-0.4, -0.2) is 27.3 Å². The number of hydrogen-bond donors (Lipinski definition) is 1. The van der Waals surface area contributed by atoms with E-state index in [1.807, 2.05) is 25.2 Å². The van der Waals surface area contributed by atoms with Crippen molar-refractivity contribution < 1.29 is 0 Å². The lowest BCUT2D eigenvalue weighted by Gasteiger charge is -2.18. The van der Waals surface area contributed by atoms with Crippen molar-refractivity contribution in [1.29, 1.82) is 0 Å². The summed E-state index contributed by atoms with van der Waals surface area (Å²) in [7, 11) is 2.03. The minimum absolute atomic E-state index is 0.0328. The third-order valence-electron chi connectivity index (χ3n) is 4.23. The summed E-state index contributed by atoms with van der Waals surface area (Å²) in [6.07, 6.45) is 6.59. The monoisotopic (exact) mass is 260 g/mol. The number of nitrogens with zero attached hydrogens (tertiary/aromatic N) is 3. The van der Waals surface area contributed by atoms with Crippen molar-refractivity contribution in [2.24, 2.45) is 5.92 Å². The Morgan fingerprint density at radius 2 is 2.32 bits per heavy atom. The fourth-order valence-corrected chi connectivity index (χ4v) is 3.16. The third kappa shape index (κ3) is 2.30. The fourth-order valence-electron chi connectivity index (χ4n) is 3.16. The number of fused-ring (bicyclic) bond motifs is 1. The highest BCUT2D eigenvalue weighted by Gasteiger charge is 2.25. The highest BCUT2D eigenvalue weighted by Crippen LogP contribution is 2.28. The smallest absolute Gasteiger partial charge is 0.317 e. The molecular weight excluding hydrogens is 240 g/mol. The molecule has 5 nitrogen and oxygen atoms in total. The van der Waals surface area contributed by atoms with Crippen LogP contribution in [0.5, 0.6) is 0 Å². The van der Waals surface area contributed by atoms with E-state index in [-0.39, 0.29) is 5.69 Å². The van der Waals surface area contributed by atoms with Crippen LogP contribution in [0.2, 0.25) is 0 Å². The molecule has 0 bridgehead atoms. The molecule has 0 aliphatic heterocycles. The Balaban J connectivity index is 1.75. The van der Waals surface area contributed by atoms with Crippen LogP contribution in [0.15, 0.2) is 29.2 Å². The topological polar surface area (TPSA) is 51.3 Å². The minimum Gasteiger partial charge on any atom is -0.317 e. The molecule has 1 N–H and O–H groups in total. The number of pyridine rings is 1. The number of rotatable bonds is 4. The van der Waals surface area contributed by atoms with Crippen LogP contribution < -0.4 is 11.0 Å². The Morgan fingerprint density at radius 3 is 3.11 bits per heavy atom. The molecule has 1 fully saturated rings. The Bertz CT molecular complexity index is 615. The zero-order valence-electron chi connectivity index (χ0n) is 11.2. The molecule has 19 heavy (non-hydrogen) atoms. The average Bonchev–Trinajstić information content (AvgIpc) is 3.01. The number of aryl methyl sites for hydroxylation is 1. The summed E-state index contributed by atoms with van der Waals surface area (Å²) in [6, 6.07) is 6.23. The summed E-state index contributed by atoms with van der Waals surface area (Å²) < 4.78 is 3.20. The average molecular weight is 260 g/mol. The summed E-state index contributed by atoms with van der Waals surface area (Å²) in [5.41, 5.74) is 0.693. The first-order valence-electron chi connectivity index (χ1n) is 7.01. The third-order valence-corrected chi connectivity index (χ3v) is 4.23. The van der Waals surface area contributed by atoms with Crippen molar-refractivity contribution >= 4 is 5.65 Å². The number of aromatic nitrogens is 3. The van der Waals surface area contributed by atoms with Gasteiger partial charge in [-0.3, -0.25) is 4.40 Å². The van der Waals surface area contributed by atoms with Crippen LogP contribution in [0.3, 0.4) is 0 Å². The molecule has 102 valence electrons. The highest BCUT2D eigenvalue weighted by molar-refractivity contribution is 5.35. The van der Waals surface area contributed by atoms with Crippen LogP contribution in [-0.2, 0) is 6.54 Å². The van der Waals surface area contributed by atoms with Gasteiger partial charge in [0.25, 0.3) is 0 Å². The summed E-state index contributed by atoms with van der Waals surface area (Å²) >= 11 is 0. The van der Waals surface area contributed by atoms with Gasteiger partial charge in [0.15, 0.2) is 5.65 Å². The second kappa shape index (κ2) is 5.17. The Labute approximate surface area is 112 Å². The normalized spacial score (nSPS) is 23.2. The van der Waals surface area contributed by atoms with Crippen LogP contribution in [0, 0.1) is 5.92 Å². The van der Waals surface area contributed by atoms with E-state index in [1.54, 1.807) is 15.3 Å². The maximum absolute atomic E-state index is 12.1. The molecular formula is C14H20N4O. The standard InChI is InChI=1S/C14H20N4O/c1-15-12-6-4-5-11(12)8-10-18-14(19)17-9-3-2-7-13(17)16-18/h2-3,7,9,11-12,15H,4-6,8,10H2,1H3. The van der Waals surface area contributed by atoms with E-state index in [1.165, 1.54) is 19.3 Å². The van der Waals surface area contributed by atoms with Crippen molar-refractivity contribution in [3.63, 3.8) is 0 Å². The molecule has 0 saturated heterocycles. The molecule has 2 aromatic heterocycles.